The van der Waals surface area contributed by atoms with E-state index in [9.17, 15) is 4.79 Å². The molecule has 0 spiro atoms. The van der Waals surface area contributed by atoms with Gasteiger partial charge in [-0.05, 0) is 55.0 Å². The van der Waals surface area contributed by atoms with E-state index in [0.717, 1.165) is 42.1 Å². The van der Waals surface area contributed by atoms with Crippen LogP contribution in [-0.2, 0) is 5.41 Å². The molecule has 8 heteroatoms. The van der Waals surface area contributed by atoms with Crippen molar-refractivity contribution in [2.24, 2.45) is 16.5 Å². The van der Waals surface area contributed by atoms with Gasteiger partial charge >= 0.3 is 0 Å². The van der Waals surface area contributed by atoms with Crippen LogP contribution in [0.15, 0.2) is 47.5 Å². The molecular weight excluding hydrogens is 438 g/mol. The number of aromatic nitrogens is 2. The van der Waals surface area contributed by atoms with Crippen molar-refractivity contribution in [3.05, 3.63) is 59.2 Å². The summed E-state index contributed by atoms with van der Waals surface area (Å²) in [6.45, 7) is 8.46. The van der Waals surface area contributed by atoms with Gasteiger partial charge in [-0.3, -0.25) is 10.1 Å². The molecule has 184 valence electrons. The molecule has 8 nitrogen and oxygen atoms in total. The summed E-state index contributed by atoms with van der Waals surface area (Å²) in [5.41, 5.74) is 15.0. The number of amides is 1. The Balaban J connectivity index is 1.64. The maximum atomic E-state index is 13.0. The Bertz CT molecular complexity index is 1240. The van der Waals surface area contributed by atoms with Gasteiger partial charge in [0.05, 0.1) is 17.6 Å². The molecule has 2 aromatic carbocycles. The number of nitrogens with one attached hydrogen (secondary N) is 2. The maximum Gasteiger partial charge on any atom is 0.258 e. The predicted octanol–water partition coefficient (Wildman–Crippen LogP) is 4.48. The minimum Gasteiger partial charge on any atom is -0.370 e. The van der Waals surface area contributed by atoms with Gasteiger partial charge in [-0.1, -0.05) is 57.4 Å². The molecular formula is C27H35N7O. The third kappa shape index (κ3) is 5.88. The van der Waals surface area contributed by atoms with Crippen LogP contribution in [-0.4, -0.2) is 33.9 Å². The molecule has 1 saturated carbocycles. The van der Waals surface area contributed by atoms with Crippen molar-refractivity contribution < 1.29 is 4.79 Å². The molecule has 2 atom stereocenters. The average Bonchev–Trinajstić information content (AvgIpc) is 2.80. The third-order valence-corrected chi connectivity index (χ3v) is 6.46. The monoisotopic (exact) mass is 473 g/mol. The smallest absolute Gasteiger partial charge is 0.258 e. The molecule has 0 aliphatic heterocycles. The molecule has 1 aromatic heterocycles. The van der Waals surface area contributed by atoms with Crippen molar-refractivity contribution in [1.29, 1.82) is 0 Å². The van der Waals surface area contributed by atoms with Crippen LogP contribution in [0.2, 0.25) is 0 Å². The second-order valence-electron chi connectivity index (χ2n) is 10.4. The highest BCUT2D eigenvalue weighted by Gasteiger charge is 2.26. The van der Waals surface area contributed by atoms with Gasteiger partial charge in [-0.25, -0.2) is 9.98 Å². The van der Waals surface area contributed by atoms with Crippen molar-refractivity contribution in [2.75, 3.05) is 10.6 Å². The number of aryl methyl sites for hydroxylation is 1. The van der Waals surface area contributed by atoms with Crippen LogP contribution in [0.1, 0.15) is 67.9 Å². The van der Waals surface area contributed by atoms with Crippen LogP contribution in [0.25, 0.3) is 10.9 Å². The Hall–Kier alpha value is -3.68. The van der Waals surface area contributed by atoms with Crippen molar-refractivity contribution in [2.45, 2.75) is 70.9 Å². The second-order valence-corrected chi connectivity index (χ2v) is 10.4. The number of carbonyl (C=O) groups is 1. The van der Waals surface area contributed by atoms with Gasteiger partial charge in [0.2, 0.25) is 5.95 Å². The largest absolute Gasteiger partial charge is 0.370 e. The summed E-state index contributed by atoms with van der Waals surface area (Å²) in [5, 5.41) is 7.33. The molecule has 1 aliphatic carbocycles. The van der Waals surface area contributed by atoms with Crippen molar-refractivity contribution in [1.82, 2.24) is 9.97 Å². The Kier molecular flexibility index (Phi) is 6.91. The first-order valence-corrected chi connectivity index (χ1v) is 12.2. The van der Waals surface area contributed by atoms with Gasteiger partial charge in [0.25, 0.3) is 5.91 Å². The van der Waals surface area contributed by atoms with E-state index in [1.807, 2.05) is 49.4 Å². The average molecular weight is 474 g/mol. The van der Waals surface area contributed by atoms with Gasteiger partial charge in [-0.2, -0.15) is 4.98 Å². The minimum absolute atomic E-state index is 0.0186. The van der Waals surface area contributed by atoms with E-state index < -0.39 is 0 Å². The number of aliphatic imine (C=N–C) groups is 1. The molecule has 0 bridgehead atoms. The number of rotatable bonds is 5. The van der Waals surface area contributed by atoms with Crippen LogP contribution < -0.4 is 22.1 Å². The van der Waals surface area contributed by atoms with Gasteiger partial charge in [0.15, 0.2) is 5.96 Å². The third-order valence-electron chi connectivity index (χ3n) is 6.46. The fraction of sp³-hybridized carbons (Fsp3) is 0.407. The van der Waals surface area contributed by atoms with Gasteiger partial charge in [0.1, 0.15) is 5.82 Å². The van der Waals surface area contributed by atoms with Crippen LogP contribution in [0.3, 0.4) is 0 Å². The van der Waals surface area contributed by atoms with E-state index in [1.54, 1.807) is 0 Å². The van der Waals surface area contributed by atoms with Gasteiger partial charge in [0, 0.05) is 10.9 Å². The Morgan fingerprint density at radius 1 is 1.03 bits per heavy atom. The quantitative estimate of drug-likeness (QED) is 0.319. The van der Waals surface area contributed by atoms with Crippen LogP contribution in [0.5, 0.6) is 0 Å². The van der Waals surface area contributed by atoms with E-state index in [0.29, 0.717) is 11.4 Å². The fourth-order valence-corrected chi connectivity index (χ4v) is 4.50. The zero-order valence-electron chi connectivity index (χ0n) is 20.9. The number of benzene rings is 2. The van der Waals surface area contributed by atoms with E-state index in [1.165, 1.54) is 5.56 Å². The first kappa shape index (κ1) is 24.4. The first-order valence-electron chi connectivity index (χ1n) is 12.2. The number of hydrogen-bond donors (Lipinski definition) is 4. The van der Waals surface area contributed by atoms with E-state index in [2.05, 4.69) is 41.4 Å². The number of nitrogens with zero attached hydrogens (tertiary/aromatic N) is 3. The van der Waals surface area contributed by atoms with Crippen molar-refractivity contribution >= 4 is 34.5 Å². The standard InChI is InChI=1S/C27H35N7O/c1-16-9-14-20-19(15-16)23(30-21-7-5-6-8-22(21)31-25(28)29)33-26(32-20)34-24(35)17-10-12-18(13-11-17)27(2,3)4/h9-15,21-22H,5-8H2,1-4H3,(H4,28,29,31)(H2,30,32,33,34,35)/t21-,22+/m0/s1. The lowest BCUT2D eigenvalue weighted by Gasteiger charge is -2.30. The summed E-state index contributed by atoms with van der Waals surface area (Å²) in [5.74, 6) is 0.763. The highest BCUT2D eigenvalue weighted by molar-refractivity contribution is 6.04. The Morgan fingerprint density at radius 3 is 2.43 bits per heavy atom. The molecule has 1 amide bonds. The van der Waals surface area contributed by atoms with Crippen LogP contribution in [0.4, 0.5) is 11.8 Å². The number of nitrogens with two attached hydrogens (primary N) is 2. The summed E-state index contributed by atoms with van der Waals surface area (Å²) >= 11 is 0. The summed E-state index contributed by atoms with van der Waals surface area (Å²) in [4.78, 5) is 26.7. The lowest BCUT2D eigenvalue weighted by molar-refractivity contribution is 0.102. The van der Waals surface area contributed by atoms with Gasteiger partial charge < -0.3 is 16.8 Å². The Morgan fingerprint density at radius 2 is 1.74 bits per heavy atom. The molecule has 1 fully saturated rings. The fourth-order valence-electron chi connectivity index (χ4n) is 4.50. The maximum absolute atomic E-state index is 13.0. The molecule has 0 saturated heterocycles. The van der Waals surface area contributed by atoms with E-state index in [4.69, 9.17) is 16.5 Å². The molecule has 6 N–H and O–H groups in total. The minimum atomic E-state index is -0.251. The molecule has 35 heavy (non-hydrogen) atoms. The molecule has 1 aliphatic rings. The number of hydrogen-bond acceptors (Lipinski definition) is 5. The lowest BCUT2D eigenvalue weighted by atomic mass is 9.87. The normalized spacial score (nSPS) is 18.2. The Labute approximate surface area is 206 Å². The first-order chi connectivity index (χ1) is 16.6. The highest BCUT2D eigenvalue weighted by atomic mass is 16.1. The number of carbonyl (C=O) groups excluding carboxylic acids is 1. The van der Waals surface area contributed by atoms with E-state index in [-0.39, 0.29) is 35.3 Å². The van der Waals surface area contributed by atoms with Crippen molar-refractivity contribution in [3.63, 3.8) is 0 Å². The summed E-state index contributed by atoms with van der Waals surface area (Å²) in [6.07, 6.45) is 4.01. The predicted molar refractivity (Wildman–Crippen MR) is 143 cm³/mol. The topological polar surface area (TPSA) is 131 Å². The highest BCUT2D eigenvalue weighted by Crippen LogP contribution is 2.29. The summed E-state index contributed by atoms with van der Waals surface area (Å²) < 4.78 is 0. The number of anilines is 2. The zero-order chi connectivity index (χ0) is 25.2. The second kappa shape index (κ2) is 9.90. The summed E-state index contributed by atoms with van der Waals surface area (Å²) in [7, 11) is 0. The SMILES string of the molecule is Cc1ccc2nc(NC(=O)c3ccc(C(C)(C)C)cc3)nc(N[C@H]3CCCC[C@H]3N=C(N)N)c2c1. The summed E-state index contributed by atoms with van der Waals surface area (Å²) in [6, 6.07) is 13.6. The molecule has 0 unspecified atom stereocenters. The zero-order valence-corrected chi connectivity index (χ0v) is 20.9. The van der Waals surface area contributed by atoms with Crippen molar-refractivity contribution in [3.8, 4) is 0 Å². The van der Waals surface area contributed by atoms with Crippen LogP contribution in [0, 0.1) is 6.92 Å². The molecule has 0 radical (unpaired) electrons. The lowest BCUT2D eigenvalue weighted by Crippen LogP contribution is -2.38. The van der Waals surface area contributed by atoms with Gasteiger partial charge in [-0.15, -0.1) is 0 Å². The molecule has 3 aromatic rings. The van der Waals surface area contributed by atoms with Crippen LogP contribution >= 0.6 is 0 Å². The number of fused-ring (bicyclic) bond motifs is 1. The molecule has 4 rings (SSSR count). The van der Waals surface area contributed by atoms with E-state index >= 15 is 0 Å². The number of guanidine groups is 1. The molecule has 1 heterocycles.